The van der Waals surface area contributed by atoms with Crippen LogP contribution in [0.5, 0.6) is 0 Å². The fraction of sp³-hybridized carbons (Fsp3) is 0.667. The van der Waals surface area contributed by atoms with E-state index in [0.717, 1.165) is 23.8 Å². The average molecular weight is 295 g/mol. The summed E-state index contributed by atoms with van der Waals surface area (Å²) < 4.78 is 2.10. The lowest BCUT2D eigenvalue weighted by Gasteiger charge is -2.13. The summed E-state index contributed by atoms with van der Waals surface area (Å²) in [5.74, 6) is 1.32. The zero-order valence-electron chi connectivity index (χ0n) is 11.1. The molecule has 2 amide bonds. The number of carbonyl (C=O) groups excluding carboxylic acids is 2. The summed E-state index contributed by atoms with van der Waals surface area (Å²) in [6, 6.07) is 0.473. The summed E-state index contributed by atoms with van der Waals surface area (Å²) in [6.07, 6.45) is 2.97. The molecule has 1 aromatic heterocycles. The molecule has 0 unspecified atom stereocenters. The van der Waals surface area contributed by atoms with Crippen LogP contribution < -0.4 is 5.73 Å². The Morgan fingerprint density at radius 3 is 2.50 bits per heavy atom. The Kier molecular flexibility index (Phi) is 3.75. The number of imide groups is 1. The van der Waals surface area contributed by atoms with E-state index >= 15 is 0 Å². The molecule has 1 aliphatic heterocycles. The van der Waals surface area contributed by atoms with E-state index in [0.29, 0.717) is 37.7 Å². The van der Waals surface area contributed by atoms with Crippen LogP contribution in [0.15, 0.2) is 5.16 Å². The van der Waals surface area contributed by atoms with Gasteiger partial charge in [0.2, 0.25) is 11.8 Å². The second-order valence-corrected chi connectivity index (χ2v) is 6.05. The van der Waals surface area contributed by atoms with Crippen molar-refractivity contribution in [2.75, 3.05) is 12.3 Å². The van der Waals surface area contributed by atoms with Gasteiger partial charge < -0.3 is 10.3 Å². The van der Waals surface area contributed by atoms with Crippen molar-refractivity contribution in [2.45, 2.75) is 43.4 Å². The summed E-state index contributed by atoms with van der Waals surface area (Å²) in [5.41, 5.74) is 5.66. The Hall–Kier alpha value is -1.41. The van der Waals surface area contributed by atoms with E-state index < -0.39 is 0 Å². The number of thioether (sulfide) groups is 1. The van der Waals surface area contributed by atoms with Crippen LogP contribution in [0.2, 0.25) is 0 Å². The molecule has 1 aliphatic carbocycles. The summed E-state index contributed by atoms with van der Waals surface area (Å²) >= 11 is 1.53. The molecule has 2 fully saturated rings. The highest BCUT2D eigenvalue weighted by Gasteiger charge is 2.30. The van der Waals surface area contributed by atoms with Crippen molar-refractivity contribution in [2.24, 2.45) is 5.73 Å². The van der Waals surface area contributed by atoms with Crippen LogP contribution in [0.4, 0.5) is 0 Å². The molecule has 1 saturated heterocycles. The predicted molar refractivity (Wildman–Crippen MR) is 72.9 cm³/mol. The Morgan fingerprint density at radius 1 is 1.20 bits per heavy atom. The van der Waals surface area contributed by atoms with Gasteiger partial charge in [-0.3, -0.25) is 14.5 Å². The molecule has 0 atom stereocenters. The van der Waals surface area contributed by atoms with Crippen LogP contribution in [0.3, 0.4) is 0 Å². The van der Waals surface area contributed by atoms with Gasteiger partial charge in [-0.05, 0) is 12.8 Å². The molecular weight excluding hydrogens is 278 g/mol. The predicted octanol–water partition coefficient (Wildman–Crippen LogP) is 0.313. The molecule has 20 heavy (non-hydrogen) atoms. The first-order chi connectivity index (χ1) is 9.70. The largest absolute Gasteiger partial charge is 0.324 e. The number of amides is 2. The third kappa shape index (κ3) is 2.57. The van der Waals surface area contributed by atoms with Gasteiger partial charge in [-0.25, -0.2) is 0 Å². The highest BCUT2D eigenvalue weighted by molar-refractivity contribution is 7.99. The summed E-state index contributed by atoms with van der Waals surface area (Å²) in [6.45, 7) is 0.824. The van der Waals surface area contributed by atoms with Crippen LogP contribution in [0.25, 0.3) is 0 Å². The maximum Gasteiger partial charge on any atom is 0.229 e. The Morgan fingerprint density at radius 2 is 1.90 bits per heavy atom. The molecule has 8 heteroatoms. The fourth-order valence-corrected chi connectivity index (χ4v) is 3.29. The van der Waals surface area contributed by atoms with Crippen molar-refractivity contribution in [1.82, 2.24) is 19.7 Å². The molecule has 2 heterocycles. The van der Waals surface area contributed by atoms with Gasteiger partial charge in [0.25, 0.3) is 0 Å². The standard InChI is InChI=1S/C12H17N5O2S/c13-7-9-14-15-12(17(9)8-1-2-8)20-6-5-16-10(18)3-4-11(16)19/h8H,1-7,13H2. The van der Waals surface area contributed by atoms with Gasteiger partial charge in [-0.2, -0.15) is 0 Å². The minimum absolute atomic E-state index is 0.0677. The first-order valence-electron chi connectivity index (χ1n) is 6.80. The Balaban J connectivity index is 1.60. The minimum atomic E-state index is -0.0677. The highest BCUT2D eigenvalue weighted by Crippen LogP contribution is 2.38. The zero-order chi connectivity index (χ0) is 14.1. The Labute approximate surface area is 120 Å². The smallest absolute Gasteiger partial charge is 0.229 e. The van der Waals surface area contributed by atoms with E-state index in [-0.39, 0.29) is 11.8 Å². The SMILES string of the molecule is NCc1nnc(SCCN2C(=O)CCC2=O)n1C1CC1. The molecule has 3 rings (SSSR count). The number of hydrogen-bond acceptors (Lipinski definition) is 6. The quantitative estimate of drug-likeness (QED) is 0.600. The first kappa shape index (κ1) is 13.6. The van der Waals surface area contributed by atoms with E-state index in [1.807, 2.05) is 0 Å². The molecule has 1 saturated carbocycles. The lowest BCUT2D eigenvalue weighted by atomic mass is 10.4. The van der Waals surface area contributed by atoms with Crippen LogP contribution >= 0.6 is 11.8 Å². The lowest BCUT2D eigenvalue weighted by Crippen LogP contribution is -2.31. The van der Waals surface area contributed by atoms with E-state index in [9.17, 15) is 9.59 Å². The summed E-state index contributed by atoms with van der Waals surface area (Å²) in [5, 5.41) is 9.09. The van der Waals surface area contributed by atoms with Gasteiger partial charge in [-0.15, -0.1) is 10.2 Å². The van der Waals surface area contributed by atoms with Gasteiger partial charge in [0.15, 0.2) is 5.16 Å². The summed E-state index contributed by atoms with van der Waals surface area (Å²) in [7, 11) is 0. The van der Waals surface area contributed by atoms with Crippen LogP contribution in [0, 0.1) is 0 Å². The van der Waals surface area contributed by atoms with Crippen LogP contribution in [-0.2, 0) is 16.1 Å². The molecule has 108 valence electrons. The van der Waals surface area contributed by atoms with Gasteiger partial charge >= 0.3 is 0 Å². The third-order valence-corrected chi connectivity index (χ3v) is 4.45. The normalized spacial score (nSPS) is 19.1. The molecular formula is C12H17N5O2S. The van der Waals surface area contributed by atoms with Crippen molar-refractivity contribution >= 4 is 23.6 Å². The molecule has 7 nitrogen and oxygen atoms in total. The van der Waals surface area contributed by atoms with Crippen LogP contribution in [-0.4, -0.2) is 43.8 Å². The van der Waals surface area contributed by atoms with Gasteiger partial charge in [-0.1, -0.05) is 11.8 Å². The maximum atomic E-state index is 11.5. The number of carbonyl (C=O) groups is 2. The zero-order valence-corrected chi connectivity index (χ0v) is 11.9. The van der Waals surface area contributed by atoms with Gasteiger partial charge in [0, 0.05) is 31.2 Å². The summed E-state index contributed by atoms with van der Waals surface area (Å²) in [4.78, 5) is 24.4. The highest BCUT2D eigenvalue weighted by atomic mass is 32.2. The number of likely N-dealkylation sites (tertiary alicyclic amines) is 1. The van der Waals surface area contributed by atoms with Crippen molar-refractivity contribution in [3.05, 3.63) is 5.82 Å². The molecule has 0 aromatic carbocycles. The van der Waals surface area contributed by atoms with Crippen LogP contribution in [0.1, 0.15) is 37.5 Å². The van der Waals surface area contributed by atoms with Gasteiger partial charge in [0.05, 0.1) is 6.54 Å². The van der Waals surface area contributed by atoms with E-state index in [1.165, 1.54) is 16.7 Å². The number of rotatable bonds is 6. The molecule has 0 bridgehead atoms. The number of nitrogens with two attached hydrogens (primary N) is 1. The maximum absolute atomic E-state index is 11.5. The fourth-order valence-electron chi connectivity index (χ4n) is 2.34. The third-order valence-electron chi connectivity index (χ3n) is 3.53. The molecule has 0 radical (unpaired) electrons. The lowest BCUT2D eigenvalue weighted by molar-refractivity contribution is -0.137. The Bertz CT molecular complexity index is 524. The van der Waals surface area contributed by atoms with Crippen molar-refractivity contribution in [1.29, 1.82) is 0 Å². The average Bonchev–Trinajstić information content (AvgIpc) is 3.13. The molecule has 1 aromatic rings. The molecule has 2 aliphatic rings. The minimum Gasteiger partial charge on any atom is -0.324 e. The number of aromatic nitrogens is 3. The van der Waals surface area contributed by atoms with Crippen molar-refractivity contribution in [3.8, 4) is 0 Å². The molecule has 2 N–H and O–H groups in total. The topological polar surface area (TPSA) is 94.1 Å². The van der Waals surface area contributed by atoms with E-state index in [2.05, 4.69) is 14.8 Å². The molecule has 0 spiro atoms. The number of nitrogens with zero attached hydrogens (tertiary/aromatic N) is 4. The van der Waals surface area contributed by atoms with E-state index in [1.54, 1.807) is 0 Å². The first-order valence-corrected chi connectivity index (χ1v) is 7.79. The second kappa shape index (κ2) is 5.53. The van der Waals surface area contributed by atoms with E-state index in [4.69, 9.17) is 5.73 Å². The van der Waals surface area contributed by atoms with Crippen molar-refractivity contribution in [3.63, 3.8) is 0 Å². The van der Waals surface area contributed by atoms with Gasteiger partial charge in [0.1, 0.15) is 5.82 Å². The number of hydrogen-bond donors (Lipinski definition) is 1. The monoisotopic (exact) mass is 295 g/mol. The second-order valence-electron chi connectivity index (χ2n) is 4.99. The van der Waals surface area contributed by atoms with Crippen molar-refractivity contribution < 1.29 is 9.59 Å².